The Morgan fingerprint density at radius 2 is 0.828 bits per heavy atom. The maximum Gasteiger partial charge on any atom is 0.0442 e. The van der Waals surface area contributed by atoms with Gasteiger partial charge in [0.1, 0.15) is 0 Å². The molecule has 1 heteroatoms. The van der Waals surface area contributed by atoms with Crippen molar-refractivity contribution in [3.63, 3.8) is 0 Å². The molecular formula is C28H39N. The molecule has 1 aromatic heterocycles. The first-order chi connectivity index (χ1) is 14.1. The summed E-state index contributed by atoms with van der Waals surface area (Å²) in [5.74, 6) is 0. The molecule has 1 heterocycles. The lowest BCUT2D eigenvalue weighted by molar-refractivity contribution is 0.831. The van der Waals surface area contributed by atoms with Crippen LogP contribution in [0.2, 0.25) is 0 Å². The predicted molar refractivity (Wildman–Crippen MR) is 129 cm³/mol. The van der Waals surface area contributed by atoms with Gasteiger partial charge in [0.15, 0.2) is 0 Å². The van der Waals surface area contributed by atoms with E-state index in [4.69, 9.17) is 4.98 Å². The van der Waals surface area contributed by atoms with Gasteiger partial charge in [-0.1, -0.05) is 88.4 Å². The molecular weight excluding hydrogens is 350 g/mol. The first-order valence-corrected chi connectivity index (χ1v) is 11.2. The fraction of sp³-hybridized carbons (Fsp3) is 0.393. The van der Waals surface area contributed by atoms with Crippen LogP contribution in [0.15, 0.2) is 60.7 Å². The van der Waals surface area contributed by atoms with Gasteiger partial charge in [-0.05, 0) is 74.3 Å². The Hall–Kier alpha value is -2.41. The molecule has 29 heavy (non-hydrogen) atoms. The molecule has 0 aliphatic carbocycles. The molecule has 3 aromatic rings. The van der Waals surface area contributed by atoms with Crippen LogP contribution >= 0.6 is 0 Å². The molecule has 0 radical (unpaired) electrons. The van der Waals surface area contributed by atoms with Crippen molar-refractivity contribution in [2.75, 3.05) is 0 Å². The van der Waals surface area contributed by atoms with Gasteiger partial charge in [0.05, 0.1) is 0 Å². The average Bonchev–Trinajstić information content (AvgIpc) is 2.80. The van der Waals surface area contributed by atoms with Crippen molar-refractivity contribution in [3.8, 4) is 0 Å². The molecule has 0 bridgehead atoms. The molecule has 3 rings (SSSR count). The summed E-state index contributed by atoms with van der Waals surface area (Å²) in [5, 5.41) is 0. The van der Waals surface area contributed by atoms with Gasteiger partial charge in [0.2, 0.25) is 0 Å². The maximum absolute atomic E-state index is 5.06. The lowest BCUT2D eigenvalue weighted by Gasteiger charge is -2.15. The molecule has 0 spiro atoms. The highest BCUT2D eigenvalue weighted by Gasteiger charge is 2.11. The maximum atomic E-state index is 5.06. The van der Waals surface area contributed by atoms with Gasteiger partial charge >= 0.3 is 0 Å². The van der Waals surface area contributed by atoms with E-state index in [0.29, 0.717) is 0 Å². The van der Waals surface area contributed by atoms with E-state index in [2.05, 4.69) is 81.4 Å². The van der Waals surface area contributed by atoms with E-state index < -0.39 is 0 Å². The molecule has 156 valence electrons. The van der Waals surface area contributed by atoms with E-state index in [9.17, 15) is 0 Å². The van der Waals surface area contributed by atoms with Crippen LogP contribution in [0.5, 0.6) is 0 Å². The quantitative estimate of drug-likeness (QED) is 0.422. The van der Waals surface area contributed by atoms with E-state index >= 15 is 0 Å². The number of aryl methyl sites for hydroxylation is 4. The minimum Gasteiger partial charge on any atom is -0.257 e. The molecule has 2 aromatic carbocycles. The summed E-state index contributed by atoms with van der Waals surface area (Å²) in [6, 6.07) is 21.4. The summed E-state index contributed by atoms with van der Waals surface area (Å²) in [4.78, 5) is 5.06. The lowest BCUT2D eigenvalue weighted by Crippen LogP contribution is -2.08. The van der Waals surface area contributed by atoms with Crippen molar-refractivity contribution in [1.29, 1.82) is 0 Å². The molecule has 0 unspecified atom stereocenters. The zero-order valence-corrected chi connectivity index (χ0v) is 19.5. The molecule has 0 saturated carbocycles. The number of pyridine rings is 1. The smallest absolute Gasteiger partial charge is 0.0442 e. The summed E-state index contributed by atoms with van der Waals surface area (Å²) in [7, 11) is 0. The van der Waals surface area contributed by atoms with Gasteiger partial charge in [0.25, 0.3) is 0 Å². The molecule has 0 N–H and O–H groups in total. The Bertz CT molecular complexity index is 752. The van der Waals surface area contributed by atoms with Crippen molar-refractivity contribution in [2.45, 2.75) is 74.1 Å². The lowest BCUT2D eigenvalue weighted by atomic mass is 9.96. The Balaban J connectivity index is 0.000000989. The second-order valence-corrected chi connectivity index (χ2v) is 6.85. The summed E-state index contributed by atoms with van der Waals surface area (Å²) >= 11 is 0. The monoisotopic (exact) mass is 389 g/mol. The third-order valence-electron chi connectivity index (χ3n) is 5.25. The molecule has 0 fully saturated rings. The molecule has 0 amide bonds. The number of rotatable bonds is 6. The van der Waals surface area contributed by atoms with Crippen LogP contribution in [-0.2, 0) is 25.7 Å². The number of benzene rings is 2. The highest BCUT2D eigenvalue weighted by atomic mass is 14.7. The van der Waals surface area contributed by atoms with Gasteiger partial charge in [0, 0.05) is 11.4 Å². The van der Waals surface area contributed by atoms with Crippen LogP contribution in [0.25, 0.3) is 0 Å². The Morgan fingerprint density at radius 1 is 0.483 bits per heavy atom. The summed E-state index contributed by atoms with van der Waals surface area (Å²) in [6.45, 7) is 14.7. The fourth-order valence-corrected chi connectivity index (χ4v) is 3.35. The second kappa shape index (κ2) is 13.7. The summed E-state index contributed by atoms with van der Waals surface area (Å²) in [5.41, 5.74) is 9.40. The number of aromatic nitrogens is 1. The molecule has 0 aliphatic heterocycles. The normalized spacial score (nSPS) is 9.76. The number of hydrogen-bond acceptors (Lipinski definition) is 1. The third kappa shape index (κ3) is 7.49. The molecule has 0 aliphatic rings. The predicted octanol–water partition coefficient (Wildman–Crippen LogP) is 7.63. The highest BCUT2D eigenvalue weighted by Crippen LogP contribution is 2.21. The van der Waals surface area contributed by atoms with Crippen molar-refractivity contribution in [2.24, 2.45) is 0 Å². The van der Waals surface area contributed by atoms with E-state index in [1.54, 1.807) is 0 Å². The molecule has 1 nitrogen and oxygen atoms in total. The SMILES string of the molecule is CC.CC.Cc1c(CCc2ccccc2)nc(CCc2ccccc2)c(C)c1C. The topological polar surface area (TPSA) is 12.9 Å². The van der Waals surface area contributed by atoms with Gasteiger partial charge in [-0.3, -0.25) is 4.98 Å². The molecule has 0 saturated heterocycles. The minimum atomic E-state index is 1.01. The Morgan fingerprint density at radius 3 is 1.17 bits per heavy atom. The second-order valence-electron chi connectivity index (χ2n) is 6.85. The zero-order valence-electron chi connectivity index (χ0n) is 19.5. The minimum absolute atomic E-state index is 1.01. The Kier molecular flexibility index (Phi) is 11.6. The van der Waals surface area contributed by atoms with Crippen molar-refractivity contribution in [1.82, 2.24) is 4.98 Å². The van der Waals surface area contributed by atoms with Crippen molar-refractivity contribution >= 4 is 0 Å². The van der Waals surface area contributed by atoms with Crippen LogP contribution in [0.1, 0.15) is 66.9 Å². The number of nitrogens with zero attached hydrogens (tertiary/aromatic N) is 1. The van der Waals surface area contributed by atoms with Crippen molar-refractivity contribution < 1.29 is 0 Å². The third-order valence-corrected chi connectivity index (χ3v) is 5.25. The van der Waals surface area contributed by atoms with Crippen molar-refractivity contribution in [3.05, 3.63) is 99.9 Å². The van der Waals surface area contributed by atoms with E-state index in [0.717, 1.165) is 25.7 Å². The highest BCUT2D eigenvalue weighted by molar-refractivity contribution is 5.39. The van der Waals surface area contributed by atoms with Gasteiger partial charge < -0.3 is 0 Å². The first-order valence-electron chi connectivity index (χ1n) is 11.2. The van der Waals surface area contributed by atoms with E-state index in [1.807, 2.05) is 27.7 Å². The summed E-state index contributed by atoms with van der Waals surface area (Å²) in [6.07, 6.45) is 4.12. The average molecular weight is 390 g/mol. The van der Waals surface area contributed by atoms with E-state index in [1.165, 1.54) is 39.2 Å². The largest absolute Gasteiger partial charge is 0.257 e. The van der Waals surface area contributed by atoms with Gasteiger partial charge in [-0.25, -0.2) is 0 Å². The number of hydrogen-bond donors (Lipinski definition) is 0. The standard InChI is InChI=1S/C24H27N.2C2H6/c1-18-19(2)23(16-14-21-10-6-4-7-11-21)25-24(20(18)3)17-15-22-12-8-5-9-13-22;2*1-2/h4-13H,14-17H2,1-3H3;2*1-2H3. The van der Waals surface area contributed by atoms with Crippen LogP contribution in [0, 0.1) is 20.8 Å². The molecule has 0 atom stereocenters. The van der Waals surface area contributed by atoms with Crippen LogP contribution in [0.4, 0.5) is 0 Å². The van der Waals surface area contributed by atoms with E-state index in [-0.39, 0.29) is 0 Å². The fourth-order valence-electron chi connectivity index (χ4n) is 3.35. The van der Waals surface area contributed by atoms with Crippen LogP contribution in [-0.4, -0.2) is 4.98 Å². The first kappa shape index (κ1) is 24.6. The zero-order chi connectivity index (χ0) is 21.6. The summed E-state index contributed by atoms with van der Waals surface area (Å²) < 4.78 is 0. The van der Waals surface area contributed by atoms with Crippen LogP contribution in [0.3, 0.4) is 0 Å². The van der Waals surface area contributed by atoms with Crippen LogP contribution < -0.4 is 0 Å². The van der Waals surface area contributed by atoms with Gasteiger partial charge in [-0.15, -0.1) is 0 Å². The Labute approximate surface area is 179 Å². The van der Waals surface area contributed by atoms with Gasteiger partial charge in [-0.2, -0.15) is 0 Å².